The van der Waals surface area contributed by atoms with E-state index in [1.54, 1.807) is 12.4 Å². The Bertz CT molecular complexity index is 376. The second-order valence-corrected chi connectivity index (χ2v) is 5.73. The van der Waals surface area contributed by atoms with Gasteiger partial charge in [-0.25, -0.2) is 0 Å². The Morgan fingerprint density at radius 1 is 1.37 bits per heavy atom. The Hall–Kier alpha value is -1.36. The van der Waals surface area contributed by atoms with Crippen molar-refractivity contribution < 1.29 is 4.74 Å². The van der Waals surface area contributed by atoms with E-state index in [9.17, 15) is 0 Å². The summed E-state index contributed by atoms with van der Waals surface area (Å²) in [6.07, 6.45) is 5.20. The number of nitrogens with one attached hydrogen (secondary N) is 1. The smallest absolute Gasteiger partial charge is 0.234 e. The zero-order chi connectivity index (χ0) is 14.3. The first kappa shape index (κ1) is 15.7. The summed E-state index contributed by atoms with van der Waals surface area (Å²) in [5, 5.41) is 3.40. The summed E-state index contributed by atoms with van der Waals surface area (Å²) >= 11 is 0. The van der Waals surface area contributed by atoms with Gasteiger partial charge in [-0.2, -0.15) is 4.98 Å². The first-order valence-corrected chi connectivity index (χ1v) is 6.88. The summed E-state index contributed by atoms with van der Waals surface area (Å²) in [6.45, 7) is 9.92. The number of aromatic nitrogens is 2. The molecular weight excluding hydrogens is 240 g/mol. The maximum absolute atomic E-state index is 5.67. The normalized spacial score (nSPS) is 13.1. The molecule has 1 atom stereocenters. The summed E-state index contributed by atoms with van der Waals surface area (Å²) in [7, 11) is 0. The molecule has 5 heteroatoms. The lowest BCUT2D eigenvalue weighted by Crippen LogP contribution is -2.36. The molecule has 5 nitrogen and oxygen atoms in total. The number of rotatable bonds is 7. The molecule has 108 valence electrons. The maximum Gasteiger partial charge on any atom is 0.234 e. The van der Waals surface area contributed by atoms with E-state index in [1.807, 2.05) is 0 Å². The molecule has 0 bridgehead atoms. The van der Waals surface area contributed by atoms with Gasteiger partial charge in [0.2, 0.25) is 5.88 Å². The minimum Gasteiger partial charge on any atom is -0.477 e. The summed E-state index contributed by atoms with van der Waals surface area (Å²) in [5.41, 5.74) is 5.79. The molecule has 0 aliphatic heterocycles. The van der Waals surface area contributed by atoms with Gasteiger partial charge in [0.25, 0.3) is 0 Å². The Balaban J connectivity index is 2.73. The Kier molecular flexibility index (Phi) is 6.02. The van der Waals surface area contributed by atoms with Gasteiger partial charge in [0, 0.05) is 6.04 Å². The summed E-state index contributed by atoms with van der Waals surface area (Å²) in [5.74, 6) is 1.30. The van der Waals surface area contributed by atoms with E-state index < -0.39 is 0 Å². The van der Waals surface area contributed by atoms with Crippen molar-refractivity contribution in [3.8, 4) is 5.88 Å². The molecule has 3 N–H and O–H groups in total. The van der Waals surface area contributed by atoms with Gasteiger partial charge in [0.1, 0.15) is 5.82 Å². The number of nitrogens with two attached hydrogens (primary N) is 1. The Morgan fingerprint density at radius 3 is 2.68 bits per heavy atom. The fraction of sp³-hybridized carbons (Fsp3) is 0.714. The van der Waals surface area contributed by atoms with Crippen LogP contribution in [0.4, 0.5) is 5.82 Å². The summed E-state index contributed by atoms with van der Waals surface area (Å²) < 4.78 is 5.48. The van der Waals surface area contributed by atoms with Crippen molar-refractivity contribution in [2.75, 3.05) is 18.5 Å². The van der Waals surface area contributed by atoms with Crippen LogP contribution in [0.15, 0.2) is 12.4 Å². The molecule has 0 saturated carbocycles. The molecule has 0 aromatic carbocycles. The molecule has 1 rings (SSSR count). The minimum atomic E-state index is 0.112. The highest BCUT2D eigenvalue weighted by molar-refractivity contribution is 5.35. The molecule has 1 heterocycles. The molecule has 0 radical (unpaired) electrons. The van der Waals surface area contributed by atoms with Crippen LogP contribution in [0.3, 0.4) is 0 Å². The van der Waals surface area contributed by atoms with Crippen molar-refractivity contribution in [3.05, 3.63) is 12.4 Å². The van der Waals surface area contributed by atoms with Crippen LogP contribution in [-0.2, 0) is 0 Å². The van der Waals surface area contributed by atoms with Gasteiger partial charge in [-0.1, -0.05) is 27.7 Å². The fourth-order valence-corrected chi connectivity index (χ4v) is 1.76. The van der Waals surface area contributed by atoms with Gasteiger partial charge in [0.05, 0.1) is 19.0 Å². The van der Waals surface area contributed by atoms with Gasteiger partial charge in [-0.15, -0.1) is 0 Å². The lowest BCUT2D eigenvalue weighted by atomic mass is 9.85. The van der Waals surface area contributed by atoms with Crippen molar-refractivity contribution in [1.82, 2.24) is 9.97 Å². The highest BCUT2D eigenvalue weighted by Crippen LogP contribution is 2.25. The van der Waals surface area contributed by atoms with E-state index >= 15 is 0 Å². The molecule has 0 spiro atoms. The van der Waals surface area contributed by atoms with Gasteiger partial charge in [0.15, 0.2) is 0 Å². The highest BCUT2D eigenvalue weighted by atomic mass is 16.5. The number of anilines is 1. The number of nitrogens with zero attached hydrogens (tertiary/aromatic N) is 2. The third-order valence-corrected chi connectivity index (χ3v) is 2.89. The monoisotopic (exact) mass is 266 g/mol. The molecule has 1 aromatic heterocycles. The van der Waals surface area contributed by atoms with Crippen molar-refractivity contribution in [2.24, 2.45) is 11.1 Å². The zero-order valence-electron chi connectivity index (χ0n) is 12.4. The van der Waals surface area contributed by atoms with E-state index in [2.05, 4.69) is 43.0 Å². The molecule has 19 heavy (non-hydrogen) atoms. The molecule has 0 amide bonds. The highest BCUT2D eigenvalue weighted by Gasteiger charge is 2.24. The van der Waals surface area contributed by atoms with Gasteiger partial charge >= 0.3 is 0 Å². The molecule has 0 aliphatic carbocycles. The third kappa shape index (κ3) is 5.42. The minimum absolute atomic E-state index is 0.112. The predicted octanol–water partition coefficient (Wildman–Crippen LogP) is 2.44. The van der Waals surface area contributed by atoms with Crippen LogP contribution in [0.25, 0.3) is 0 Å². The largest absolute Gasteiger partial charge is 0.477 e. The number of hydrogen-bond donors (Lipinski definition) is 2. The number of ether oxygens (including phenoxy) is 1. The Labute approximate surface area is 116 Å². The van der Waals surface area contributed by atoms with Gasteiger partial charge in [-0.05, 0) is 24.8 Å². The zero-order valence-corrected chi connectivity index (χ0v) is 12.4. The van der Waals surface area contributed by atoms with Crippen LogP contribution < -0.4 is 15.8 Å². The van der Waals surface area contributed by atoms with Crippen molar-refractivity contribution in [3.63, 3.8) is 0 Å². The van der Waals surface area contributed by atoms with Gasteiger partial charge < -0.3 is 15.8 Å². The average molecular weight is 266 g/mol. The van der Waals surface area contributed by atoms with E-state index in [0.29, 0.717) is 19.0 Å². The first-order valence-electron chi connectivity index (χ1n) is 6.88. The quantitative estimate of drug-likeness (QED) is 0.793. The standard InChI is InChI=1S/C14H26N4O/c1-5-8-19-13-10-16-9-12(18-13)17-11(6-7-15)14(2,3)4/h9-11H,5-8,15H2,1-4H3,(H,17,18). The number of hydrogen-bond acceptors (Lipinski definition) is 5. The maximum atomic E-state index is 5.67. The van der Waals surface area contributed by atoms with E-state index in [4.69, 9.17) is 10.5 Å². The molecule has 1 unspecified atom stereocenters. The van der Waals surface area contributed by atoms with Crippen molar-refractivity contribution in [2.45, 2.75) is 46.6 Å². The predicted molar refractivity (Wildman–Crippen MR) is 78.4 cm³/mol. The van der Waals surface area contributed by atoms with Crippen LogP contribution in [0.1, 0.15) is 40.5 Å². The third-order valence-electron chi connectivity index (χ3n) is 2.89. The van der Waals surface area contributed by atoms with Crippen LogP contribution in [-0.4, -0.2) is 29.2 Å². The first-order chi connectivity index (χ1) is 8.97. The SMILES string of the molecule is CCCOc1cncc(NC(CCN)C(C)(C)C)n1. The fourth-order valence-electron chi connectivity index (χ4n) is 1.76. The summed E-state index contributed by atoms with van der Waals surface area (Å²) in [6, 6.07) is 0.258. The topological polar surface area (TPSA) is 73.1 Å². The average Bonchev–Trinajstić information content (AvgIpc) is 2.35. The molecule has 0 fully saturated rings. The van der Waals surface area contributed by atoms with E-state index in [-0.39, 0.29) is 11.5 Å². The summed E-state index contributed by atoms with van der Waals surface area (Å²) in [4.78, 5) is 8.56. The van der Waals surface area contributed by atoms with E-state index in [1.165, 1.54) is 0 Å². The van der Waals surface area contributed by atoms with Gasteiger partial charge in [-0.3, -0.25) is 4.98 Å². The second-order valence-electron chi connectivity index (χ2n) is 5.73. The Morgan fingerprint density at radius 2 is 2.11 bits per heavy atom. The molecule has 0 aliphatic rings. The molecule has 1 aromatic rings. The van der Waals surface area contributed by atoms with Crippen LogP contribution in [0.5, 0.6) is 5.88 Å². The van der Waals surface area contributed by atoms with Crippen molar-refractivity contribution >= 4 is 5.82 Å². The van der Waals surface area contributed by atoms with Crippen LogP contribution in [0.2, 0.25) is 0 Å². The second kappa shape index (κ2) is 7.28. The van der Waals surface area contributed by atoms with Crippen molar-refractivity contribution in [1.29, 1.82) is 0 Å². The van der Waals surface area contributed by atoms with Crippen LogP contribution in [0, 0.1) is 5.41 Å². The lowest BCUT2D eigenvalue weighted by Gasteiger charge is -2.31. The van der Waals surface area contributed by atoms with Crippen LogP contribution >= 0.6 is 0 Å². The lowest BCUT2D eigenvalue weighted by molar-refractivity contribution is 0.302. The van der Waals surface area contributed by atoms with E-state index in [0.717, 1.165) is 18.7 Å². The molecular formula is C14H26N4O. The molecule has 0 saturated heterocycles.